The number of carbonyl (C=O) groups is 1. The van der Waals surface area contributed by atoms with Crippen molar-refractivity contribution >= 4 is 5.97 Å². The minimum absolute atomic E-state index is 0.0525. The third-order valence-electron chi connectivity index (χ3n) is 2.85. The van der Waals surface area contributed by atoms with Crippen LogP contribution in [0.4, 0.5) is 0 Å². The van der Waals surface area contributed by atoms with Crippen molar-refractivity contribution in [2.24, 2.45) is 0 Å². The van der Waals surface area contributed by atoms with Crippen LogP contribution in [0.1, 0.15) is 17.2 Å². The lowest BCUT2D eigenvalue weighted by molar-refractivity contribution is -0.139. The molecular weight excluding hydrogens is 240 g/mol. The van der Waals surface area contributed by atoms with Gasteiger partial charge in [0.05, 0.1) is 19.7 Å². The predicted octanol–water partition coefficient (Wildman–Crippen LogP) is 1.93. The van der Waals surface area contributed by atoms with Gasteiger partial charge in [-0.25, -0.2) is 0 Å². The molecule has 1 aromatic carbocycles. The molecule has 4 heteroatoms. The topological polar surface area (TPSA) is 51.2 Å². The quantitative estimate of drug-likeness (QED) is 0.831. The van der Waals surface area contributed by atoms with Crippen molar-refractivity contribution in [3.8, 4) is 0 Å². The number of ether oxygens (including phenoxy) is 1. The van der Waals surface area contributed by atoms with Gasteiger partial charge < -0.3 is 4.74 Å². The smallest absolute Gasteiger partial charge is 0.319 e. The third kappa shape index (κ3) is 3.63. The van der Waals surface area contributed by atoms with E-state index in [4.69, 9.17) is 0 Å². The molecule has 0 amide bonds. The van der Waals surface area contributed by atoms with Gasteiger partial charge in [-0.1, -0.05) is 30.3 Å². The van der Waals surface area contributed by atoms with Crippen molar-refractivity contribution in [3.63, 3.8) is 0 Å². The first-order valence-corrected chi connectivity index (χ1v) is 6.06. The maximum absolute atomic E-state index is 11.3. The van der Waals surface area contributed by atoms with E-state index in [-0.39, 0.29) is 18.6 Å². The molecule has 0 aliphatic rings. The van der Waals surface area contributed by atoms with Gasteiger partial charge in [-0.05, 0) is 23.3 Å². The number of nitrogens with one attached hydrogen (secondary N) is 1. The van der Waals surface area contributed by atoms with Crippen LogP contribution in [0.25, 0.3) is 0 Å². The Kier molecular flexibility index (Phi) is 4.64. The number of pyridine rings is 1. The summed E-state index contributed by atoms with van der Waals surface area (Å²) in [5.41, 5.74) is 2.16. The summed E-state index contributed by atoms with van der Waals surface area (Å²) >= 11 is 0. The van der Waals surface area contributed by atoms with Gasteiger partial charge in [-0.3, -0.25) is 15.1 Å². The summed E-state index contributed by atoms with van der Waals surface area (Å²) in [6.07, 6.45) is 3.48. The molecule has 1 heterocycles. The predicted molar refractivity (Wildman–Crippen MR) is 72.5 cm³/mol. The molecule has 0 bridgehead atoms. The summed E-state index contributed by atoms with van der Waals surface area (Å²) in [6, 6.07) is 13.8. The van der Waals surface area contributed by atoms with Gasteiger partial charge in [0.15, 0.2) is 0 Å². The summed E-state index contributed by atoms with van der Waals surface area (Å²) < 4.78 is 4.66. The molecule has 0 saturated heterocycles. The molecular formula is C15H16N2O2. The van der Waals surface area contributed by atoms with Gasteiger partial charge in [0.25, 0.3) is 0 Å². The number of benzene rings is 1. The molecule has 0 aliphatic heterocycles. The molecule has 2 rings (SSSR count). The highest BCUT2D eigenvalue weighted by Gasteiger charge is 2.14. The number of methoxy groups -OCH3 is 1. The highest BCUT2D eigenvalue weighted by Crippen LogP contribution is 2.20. The lowest BCUT2D eigenvalue weighted by Gasteiger charge is -2.19. The molecule has 19 heavy (non-hydrogen) atoms. The van der Waals surface area contributed by atoms with Gasteiger partial charge in [0.2, 0.25) is 0 Å². The van der Waals surface area contributed by atoms with Gasteiger partial charge in [-0.2, -0.15) is 0 Å². The highest BCUT2D eigenvalue weighted by atomic mass is 16.5. The van der Waals surface area contributed by atoms with Crippen molar-refractivity contribution in [1.29, 1.82) is 0 Å². The minimum Gasteiger partial charge on any atom is -0.468 e. The maximum Gasteiger partial charge on any atom is 0.319 e. The first-order chi connectivity index (χ1) is 9.31. The monoisotopic (exact) mass is 256 g/mol. The maximum atomic E-state index is 11.3. The van der Waals surface area contributed by atoms with Crippen LogP contribution in [0.15, 0.2) is 54.9 Å². The number of carbonyl (C=O) groups excluding carboxylic acids is 1. The number of rotatable bonds is 5. The Hall–Kier alpha value is -2.20. The second-order valence-electron chi connectivity index (χ2n) is 4.08. The van der Waals surface area contributed by atoms with E-state index in [0.29, 0.717) is 0 Å². The van der Waals surface area contributed by atoms with E-state index in [0.717, 1.165) is 11.1 Å². The fraction of sp³-hybridized carbons (Fsp3) is 0.200. The lowest BCUT2D eigenvalue weighted by Crippen LogP contribution is -2.29. The molecule has 98 valence electrons. The van der Waals surface area contributed by atoms with E-state index in [1.807, 2.05) is 42.5 Å². The SMILES string of the molecule is COC(=O)CNC(c1ccccc1)c1ccncc1. The number of nitrogens with zero attached hydrogens (tertiary/aromatic N) is 1. The Labute approximate surface area is 112 Å². The first kappa shape index (κ1) is 13.2. The number of aromatic nitrogens is 1. The van der Waals surface area contributed by atoms with Crippen LogP contribution in [0, 0.1) is 0 Å². The molecule has 0 aliphatic carbocycles. The average Bonchev–Trinajstić information content (AvgIpc) is 2.49. The Morgan fingerprint density at radius 3 is 2.42 bits per heavy atom. The fourth-order valence-corrected chi connectivity index (χ4v) is 1.89. The zero-order valence-electron chi connectivity index (χ0n) is 10.7. The lowest BCUT2D eigenvalue weighted by atomic mass is 10.00. The Bertz CT molecular complexity index is 475. The molecule has 2 aromatic rings. The summed E-state index contributed by atoms with van der Waals surface area (Å²) in [5.74, 6) is -0.282. The molecule has 0 radical (unpaired) electrons. The van der Waals surface area contributed by atoms with Crippen LogP contribution >= 0.6 is 0 Å². The molecule has 0 spiro atoms. The van der Waals surface area contributed by atoms with E-state index >= 15 is 0 Å². The largest absolute Gasteiger partial charge is 0.468 e. The van der Waals surface area contributed by atoms with Crippen LogP contribution in [0.5, 0.6) is 0 Å². The van der Waals surface area contributed by atoms with Crippen molar-refractivity contribution < 1.29 is 9.53 Å². The number of hydrogen-bond acceptors (Lipinski definition) is 4. The van der Waals surface area contributed by atoms with Crippen molar-refractivity contribution in [2.45, 2.75) is 6.04 Å². The van der Waals surface area contributed by atoms with Crippen molar-refractivity contribution in [2.75, 3.05) is 13.7 Å². The van der Waals surface area contributed by atoms with Crippen molar-refractivity contribution in [1.82, 2.24) is 10.3 Å². The van der Waals surface area contributed by atoms with Crippen LogP contribution in [-0.4, -0.2) is 24.6 Å². The van der Waals surface area contributed by atoms with E-state index in [9.17, 15) is 4.79 Å². The van der Waals surface area contributed by atoms with Gasteiger partial charge in [-0.15, -0.1) is 0 Å². The molecule has 1 N–H and O–H groups in total. The molecule has 4 nitrogen and oxygen atoms in total. The van der Waals surface area contributed by atoms with E-state index in [2.05, 4.69) is 15.0 Å². The van der Waals surface area contributed by atoms with Crippen LogP contribution in [-0.2, 0) is 9.53 Å². The summed E-state index contributed by atoms with van der Waals surface area (Å²) in [7, 11) is 1.38. The first-order valence-electron chi connectivity index (χ1n) is 6.06. The molecule has 0 fully saturated rings. The summed E-state index contributed by atoms with van der Waals surface area (Å²) in [4.78, 5) is 15.3. The van der Waals surface area contributed by atoms with Crippen molar-refractivity contribution in [3.05, 3.63) is 66.0 Å². The number of hydrogen-bond donors (Lipinski definition) is 1. The zero-order valence-corrected chi connectivity index (χ0v) is 10.7. The van der Waals surface area contributed by atoms with Gasteiger partial charge in [0, 0.05) is 12.4 Å². The second-order valence-corrected chi connectivity index (χ2v) is 4.08. The second kappa shape index (κ2) is 6.66. The van der Waals surface area contributed by atoms with E-state index < -0.39 is 0 Å². The standard InChI is InChI=1S/C15H16N2O2/c1-19-14(18)11-17-15(12-5-3-2-4-6-12)13-7-9-16-10-8-13/h2-10,15,17H,11H2,1H3. The van der Waals surface area contributed by atoms with Crippen LogP contribution in [0.2, 0.25) is 0 Å². The van der Waals surface area contributed by atoms with Crippen LogP contribution in [0.3, 0.4) is 0 Å². The molecule has 1 atom stereocenters. The van der Waals surface area contributed by atoms with E-state index in [1.165, 1.54) is 7.11 Å². The third-order valence-corrected chi connectivity index (χ3v) is 2.85. The molecule has 0 saturated carbocycles. The minimum atomic E-state index is -0.282. The summed E-state index contributed by atoms with van der Waals surface area (Å²) in [5, 5.41) is 3.20. The van der Waals surface area contributed by atoms with Gasteiger partial charge in [0.1, 0.15) is 0 Å². The molecule has 1 aromatic heterocycles. The Morgan fingerprint density at radius 2 is 1.79 bits per heavy atom. The average molecular weight is 256 g/mol. The highest BCUT2D eigenvalue weighted by molar-refractivity contribution is 5.71. The van der Waals surface area contributed by atoms with Gasteiger partial charge >= 0.3 is 5.97 Å². The van der Waals surface area contributed by atoms with E-state index in [1.54, 1.807) is 12.4 Å². The molecule has 1 unspecified atom stereocenters. The Balaban J connectivity index is 2.21. The summed E-state index contributed by atoms with van der Waals surface area (Å²) in [6.45, 7) is 0.165. The zero-order chi connectivity index (χ0) is 13.5. The normalized spacial score (nSPS) is 11.8. The number of esters is 1. The fourth-order valence-electron chi connectivity index (χ4n) is 1.89. The van der Waals surface area contributed by atoms with Crippen LogP contribution < -0.4 is 5.32 Å². The Morgan fingerprint density at radius 1 is 1.16 bits per heavy atom.